The molecule has 10 heteroatoms. The van der Waals surface area contributed by atoms with Crippen molar-refractivity contribution < 1.29 is 28.3 Å². The summed E-state index contributed by atoms with van der Waals surface area (Å²) in [4.78, 5) is 39.5. The molecule has 5 rings (SSSR count). The highest BCUT2D eigenvalue weighted by Crippen LogP contribution is 2.41. The van der Waals surface area contributed by atoms with Gasteiger partial charge in [-0.2, -0.15) is 0 Å². The number of halogens is 2. The van der Waals surface area contributed by atoms with Gasteiger partial charge in [-0.15, -0.1) is 0 Å². The molecule has 1 aromatic heterocycles. The van der Waals surface area contributed by atoms with Crippen LogP contribution in [-0.2, 0) is 5.60 Å². The number of benzene rings is 4. The maximum absolute atomic E-state index is 15.9. The number of aromatic amines is 1. The lowest BCUT2D eigenvalue weighted by Crippen LogP contribution is -2.21. The van der Waals surface area contributed by atoms with E-state index in [0.29, 0.717) is 50.5 Å². The van der Waals surface area contributed by atoms with Gasteiger partial charge in [-0.05, 0) is 67.8 Å². The molecule has 0 aliphatic carbocycles. The summed E-state index contributed by atoms with van der Waals surface area (Å²) in [5, 5.41) is 16.5. The number of amides is 3. The molecule has 0 aliphatic rings. The predicted molar refractivity (Wildman–Crippen MR) is 154 cm³/mol. The number of anilines is 2. The Kier molecular flexibility index (Phi) is 6.80. The average Bonchev–Trinajstić information content (AvgIpc) is 3.29. The number of primary amides is 1. The molecule has 208 valence electrons. The molecule has 0 saturated carbocycles. The van der Waals surface area contributed by atoms with Gasteiger partial charge in [-0.3, -0.25) is 9.59 Å². The third-order valence-electron chi connectivity index (χ3n) is 7.06. The molecule has 0 spiro atoms. The van der Waals surface area contributed by atoms with Crippen LogP contribution in [0.1, 0.15) is 45.7 Å². The van der Waals surface area contributed by atoms with Crippen LogP contribution in [0.3, 0.4) is 0 Å². The van der Waals surface area contributed by atoms with Gasteiger partial charge >= 0.3 is 6.03 Å². The summed E-state index contributed by atoms with van der Waals surface area (Å²) in [6.07, 6.45) is 0.431. The van der Waals surface area contributed by atoms with Crippen LogP contribution in [0.4, 0.5) is 25.0 Å². The summed E-state index contributed by atoms with van der Waals surface area (Å²) in [6, 6.07) is 14.2. The molecular formula is C31H26F2N4O4. The zero-order chi connectivity index (χ0) is 29.6. The number of fused-ring (bicyclic) bond motifs is 3. The van der Waals surface area contributed by atoms with Gasteiger partial charge in [-0.25, -0.2) is 13.6 Å². The molecule has 41 heavy (non-hydrogen) atoms. The number of aldehydes is 1. The second-order valence-electron chi connectivity index (χ2n) is 10.2. The van der Waals surface area contributed by atoms with Crippen LogP contribution in [0.25, 0.3) is 32.9 Å². The predicted octanol–water partition coefficient (Wildman–Crippen LogP) is 6.36. The van der Waals surface area contributed by atoms with Crippen LogP contribution in [0.2, 0.25) is 0 Å². The smallest absolute Gasteiger partial charge is 0.323 e. The number of urea groups is 1. The second-order valence-corrected chi connectivity index (χ2v) is 10.2. The van der Waals surface area contributed by atoms with Crippen LogP contribution in [0, 0.1) is 18.6 Å². The number of carbonyl (C=O) groups is 3. The quantitative estimate of drug-likeness (QED) is 0.155. The Morgan fingerprint density at radius 2 is 1.73 bits per heavy atom. The van der Waals surface area contributed by atoms with Gasteiger partial charge in [0.25, 0.3) is 5.91 Å². The first-order valence-corrected chi connectivity index (χ1v) is 12.6. The fourth-order valence-corrected chi connectivity index (χ4v) is 4.97. The lowest BCUT2D eigenvalue weighted by molar-refractivity contribution is 0.0787. The fraction of sp³-hybridized carbons (Fsp3) is 0.129. The Morgan fingerprint density at radius 1 is 1.00 bits per heavy atom. The minimum atomic E-state index is -1.14. The van der Waals surface area contributed by atoms with Gasteiger partial charge < -0.3 is 26.5 Å². The van der Waals surface area contributed by atoms with E-state index >= 15 is 4.39 Å². The standard InChI is InChI=1S/C31H26F2N4O4/c1-15-18(7-5-9-23(15)36-30(40)37-27-16(14-38)6-4-8-21(27)32)25-22(33)13-20(29(34)39)28-26(25)19-11-10-17(31(2,3)41)12-24(19)35-28/h4-14,35,41H,1-3H3,(H2,34,39)(H2,36,37,40). The van der Waals surface area contributed by atoms with Gasteiger partial charge in [0, 0.05) is 33.1 Å². The number of hydrogen-bond acceptors (Lipinski definition) is 4. The number of nitrogens with one attached hydrogen (secondary N) is 3. The van der Waals surface area contributed by atoms with E-state index < -0.39 is 29.2 Å². The van der Waals surface area contributed by atoms with Gasteiger partial charge in [-0.1, -0.05) is 30.3 Å². The van der Waals surface area contributed by atoms with Crippen molar-refractivity contribution in [2.24, 2.45) is 5.73 Å². The van der Waals surface area contributed by atoms with Crippen molar-refractivity contribution in [2.45, 2.75) is 26.4 Å². The molecule has 0 fully saturated rings. The third kappa shape index (κ3) is 4.89. The van der Waals surface area contributed by atoms with Crippen molar-refractivity contribution in [3.63, 3.8) is 0 Å². The van der Waals surface area contributed by atoms with Crippen molar-refractivity contribution in [1.29, 1.82) is 0 Å². The number of carbonyl (C=O) groups excluding carboxylic acids is 3. The minimum absolute atomic E-state index is 0.0308. The highest BCUT2D eigenvalue weighted by Gasteiger charge is 2.24. The lowest BCUT2D eigenvalue weighted by Gasteiger charge is -2.17. The monoisotopic (exact) mass is 556 g/mol. The van der Waals surface area contributed by atoms with Crippen LogP contribution >= 0.6 is 0 Å². The summed E-state index contributed by atoms with van der Waals surface area (Å²) < 4.78 is 30.1. The molecule has 0 saturated heterocycles. The molecule has 0 atom stereocenters. The van der Waals surface area contributed by atoms with Crippen molar-refractivity contribution in [3.05, 3.63) is 94.6 Å². The number of hydrogen-bond donors (Lipinski definition) is 5. The molecule has 1 heterocycles. The highest BCUT2D eigenvalue weighted by atomic mass is 19.1. The topological polar surface area (TPSA) is 137 Å². The van der Waals surface area contributed by atoms with E-state index in [2.05, 4.69) is 15.6 Å². The summed E-state index contributed by atoms with van der Waals surface area (Å²) in [5.41, 5.74) is 7.01. The Labute approximate surface area is 233 Å². The summed E-state index contributed by atoms with van der Waals surface area (Å²) in [7, 11) is 0. The molecular weight excluding hydrogens is 530 g/mol. The Hall–Kier alpha value is -5.09. The maximum Gasteiger partial charge on any atom is 0.323 e. The molecule has 0 unspecified atom stereocenters. The summed E-state index contributed by atoms with van der Waals surface area (Å²) in [6.45, 7) is 4.96. The number of rotatable bonds is 6. The van der Waals surface area contributed by atoms with E-state index in [0.717, 1.165) is 12.1 Å². The van der Waals surface area contributed by atoms with E-state index in [1.807, 2.05) is 0 Å². The SMILES string of the molecule is Cc1c(NC(=O)Nc2c(F)cccc2C=O)cccc1-c1c(F)cc(C(N)=O)c2[nH]c3cc(C(C)(C)O)ccc3c12. The van der Waals surface area contributed by atoms with E-state index in [1.54, 1.807) is 57.2 Å². The van der Waals surface area contributed by atoms with Crippen molar-refractivity contribution in [3.8, 4) is 11.1 Å². The van der Waals surface area contributed by atoms with Gasteiger partial charge in [0.2, 0.25) is 0 Å². The number of aliphatic hydroxyl groups is 1. The van der Waals surface area contributed by atoms with Gasteiger partial charge in [0.05, 0.1) is 22.4 Å². The number of para-hydroxylation sites is 1. The van der Waals surface area contributed by atoms with Gasteiger partial charge in [0.15, 0.2) is 6.29 Å². The molecule has 0 bridgehead atoms. The van der Waals surface area contributed by atoms with Crippen LogP contribution in [0.15, 0.2) is 60.7 Å². The van der Waals surface area contributed by atoms with Gasteiger partial charge in [0.1, 0.15) is 11.6 Å². The van der Waals surface area contributed by atoms with Crippen molar-refractivity contribution in [2.75, 3.05) is 10.6 Å². The molecule has 0 aliphatic heterocycles. The van der Waals surface area contributed by atoms with E-state index in [1.165, 1.54) is 12.1 Å². The largest absolute Gasteiger partial charge is 0.386 e. The number of aromatic nitrogens is 1. The zero-order valence-corrected chi connectivity index (χ0v) is 22.4. The van der Waals surface area contributed by atoms with Crippen LogP contribution < -0.4 is 16.4 Å². The second kappa shape index (κ2) is 10.1. The first-order valence-electron chi connectivity index (χ1n) is 12.6. The molecule has 8 nitrogen and oxygen atoms in total. The normalized spacial score (nSPS) is 11.6. The Morgan fingerprint density at radius 3 is 2.41 bits per heavy atom. The summed E-state index contributed by atoms with van der Waals surface area (Å²) >= 11 is 0. The average molecular weight is 557 g/mol. The number of H-pyrrole nitrogens is 1. The number of nitrogens with two attached hydrogens (primary N) is 1. The van der Waals surface area contributed by atoms with E-state index in [-0.39, 0.29) is 22.4 Å². The Bertz CT molecular complexity index is 1890. The maximum atomic E-state index is 15.9. The molecule has 3 amide bonds. The first-order chi connectivity index (χ1) is 19.4. The molecule has 0 radical (unpaired) electrons. The highest BCUT2D eigenvalue weighted by molar-refractivity contribution is 6.20. The molecule has 6 N–H and O–H groups in total. The first kappa shape index (κ1) is 27.5. The van der Waals surface area contributed by atoms with E-state index in [9.17, 15) is 23.9 Å². The lowest BCUT2D eigenvalue weighted by atomic mass is 9.91. The Balaban J connectivity index is 1.64. The van der Waals surface area contributed by atoms with Crippen LogP contribution in [-0.4, -0.2) is 28.3 Å². The molecule has 4 aromatic carbocycles. The van der Waals surface area contributed by atoms with Crippen molar-refractivity contribution >= 4 is 51.4 Å². The van der Waals surface area contributed by atoms with Crippen molar-refractivity contribution in [1.82, 2.24) is 4.98 Å². The van der Waals surface area contributed by atoms with E-state index in [4.69, 9.17) is 5.73 Å². The summed E-state index contributed by atoms with van der Waals surface area (Å²) in [5.74, 6) is -2.30. The minimum Gasteiger partial charge on any atom is -0.386 e. The zero-order valence-electron chi connectivity index (χ0n) is 22.4. The van der Waals surface area contributed by atoms with Crippen LogP contribution in [0.5, 0.6) is 0 Å². The molecule has 5 aromatic rings. The fourth-order valence-electron chi connectivity index (χ4n) is 4.97. The third-order valence-corrected chi connectivity index (χ3v) is 7.06.